The molecule has 3 rings (SSSR count). The molecule has 7 nitrogen and oxygen atoms in total. The Morgan fingerprint density at radius 2 is 1.68 bits per heavy atom. The monoisotopic (exact) mass is 482 g/mol. The van der Waals surface area contributed by atoms with Crippen LogP contribution in [0.1, 0.15) is 26.3 Å². The maximum absolute atomic E-state index is 12.4. The number of rotatable bonds is 7. The molecule has 1 N–H and O–H groups in total. The fourth-order valence-corrected chi connectivity index (χ4v) is 3.07. The van der Waals surface area contributed by atoms with Crippen LogP contribution in [0.25, 0.3) is 0 Å². The summed E-state index contributed by atoms with van der Waals surface area (Å²) in [6.07, 6.45) is 1.46. The number of carbonyl (C=O) groups excluding carboxylic acids is 2. The van der Waals surface area contributed by atoms with E-state index in [1.54, 1.807) is 67.8 Å². The second-order valence-corrected chi connectivity index (χ2v) is 7.06. The maximum atomic E-state index is 12.4. The maximum Gasteiger partial charge on any atom is 0.343 e. The van der Waals surface area contributed by atoms with Crippen molar-refractivity contribution in [1.29, 1.82) is 0 Å². The summed E-state index contributed by atoms with van der Waals surface area (Å²) < 4.78 is 16.5. The molecular formula is C23H19BrN2O5. The number of halogens is 1. The van der Waals surface area contributed by atoms with E-state index in [0.717, 1.165) is 0 Å². The number of benzene rings is 3. The first-order valence-corrected chi connectivity index (χ1v) is 9.93. The lowest BCUT2D eigenvalue weighted by atomic mass is 10.2. The summed E-state index contributed by atoms with van der Waals surface area (Å²) in [7, 11) is 3.02. The highest BCUT2D eigenvalue weighted by atomic mass is 79.9. The largest absolute Gasteiger partial charge is 0.497 e. The van der Waals surface area contributed by atoms with E-state index in [2.05, 4.69) is 26.5 Å². The van der Waals surface area contributed by atoms with E-state index in [0.29, 0.717) is 32.7 Å². The van der Waals surface area contributed by atoms with Gasteiger partial charge in [-0.1, -0.05) is 12.1 Å². The summed E-state index contributed by atoms with van der Waals surface area (Å²) in [6.45, 7) is 0. The average Bonchev–Trinajstić information content (AvgIpc) is 2.80. The first-order chi connectivity index (χ1) is 15.0. The van der Waals surface area contributed by atoms with Crippen molar-refractivity contribution in [2.45, 2.75) is 0 Å². The molecule has 3 aromatic carbocycles. The molecule has 0 unspecified atom stereocenters. The minimum absolute atomic E-state index is 0.262. The molecule has 0 fully saturated rings. The van der Waals surface area contributed by atoms with Crippen molar-refractivity contribution in [2.24, 2.45) is 5.10 Å². The van der Waals surface area contributed by atoms with E-state index >= 15 is 0 Å². The molecule has 8 heteroatoms. The molecule has 0 saturated heterocycles. The quantitative estimate of drug-likeness (QED) is 0.232. The lowest BCUT2D eigenvalue weighted by Crippen LogP contribution is -2.18. The molecule has 0 aromatic heterocycles. The highest BCUT2D eigenvalue weighted by Gasteiger charge is 2.13. The highest BCUT2D eigenvalue weighted by Crippen LogP contribution is 2.28. The number of amides is 1. The summed E-state index contributed by atoms with van der Waals surface area (Å²) in [5, 5.41) is 3.97. The Morgan fingerprint density at radius 1 is 0.935 bits per heavy atom. The van der Waals surface area contributed by atoms with Gasteiger partial charge in [0.2, 0.25) is 0 Å². The van der Waals surface area contributed by atoms with Gasteiger partial charge in [-0.05, 0) is 76.1 Å². The number of hydrogen-bond acceptors (Lipinski definition) is 6. The average molecular weight is 483 g/mol. The third kappa shape index (κ3) is 5.70. The van der Waals surface area contributed by atoms with E-state index in [4.69, 9.17) is 14.2 Å². The van der Waals surface area contributed by atoms with Crippen LogP contribution in [0.5, 0.6) is 17.2 Å². The Bertz CT molecular complexity index is 1110. The number of methoxy groups -OCH3 is 2. The van der Waals surface area contributed by atoms with Crippen LogP contribution in [-0.4, -0.2) is 32.3 Å². The van der Waals surface area contributed by atoms with Crippen LogP contribution in [-0.2, 0) is 0 Å². The van der Waals surface area contributed by atoms with Crippen molar-refractivity contribution in [1.82, 2.24) is 5.43 Å². The Balaban J connectivity index is 1.67. The molecule has 158 valence electrons. The molecule has 0 bridgehead atoms. The second-order valence-electron chi connectivity index (χ2n) is 6.21. The number of esters is 1. The van der Waals surface area contributed by atoms with Gasteiger partial charge < -0.3 is 14.2 Å². The fourth-order valence-electron chi connectivity index (χ4n) is 2.61. The third-order valence-electron chi connectivity index (χ3n) is 4.21. The molecular weight excluding hydrogens is 464 g/mol. The zero-order valence-corrected chi connectivity index (χ0v) is 18.4. The zero-order chi connectivity index (χ0) is 22.2. The Hall–Kier alpha value is -3.65. The van der Waals surface area contributed by atoms with Gasteiger partial charge in [0.05, 0.1) is 31.6 Å². The van der Waals surface area contributed by atoms with Crippen molar-refractivity contribution in [3.05, 3.63) is 87.9 Å². The topological polar surface area (TPSA) is 86.2 Å². The SMILES string of the molecule is COc1ccc(C(=O)Oc2ccc(/C=N/NC(=O)c3ccccc3Br)cc2OC)cc1. The number of hydrazone groups is 1. The van der Waals surface area contributed by atoms with Crippen LogP contribution >= 0.6 is 15.9 Å². The van der Waals surface area contributed by atoms with Crippen LogP contribution in [0.3, 0.4) is 0 Å². The van der Waals surface area contributed by atoms with E-state index in [9.17, 15) is 9.59 Å². The number of ether oxygens (including phenoxy) is 3. The molecule has 0 spiro atoms. The summed E-state index contributed by atoms with van der Waals surface area (Å²) in [5.74, 6) is 0.383. The normalized spacial score (nSPS) is 10.5. The molecule has 0 radical (unpaired) electrons. The van der Waals surface area contributed by atoms with Crippen LogP contribution in [0, 0.1) is 0 Å². The van der Waals surface area contributed by atoms with Crippen molar-refractivity contribution in [3.63, 3.8) is 0 Å². The molecule has 0 aliphatic carbocycles. The number of carbonyl (C=O) groups is 2. The minimum atomic E-state index is -0.525. The standard InChI is InChI=1S/C23H19BrN2O5/c1-29-17-10-8-16(9-11-17)23(28)31-20-12-7-15(13-21(20)30-2)14-25-26-22(27)18-5-3-4-6-19(18)24/h3-14H,1-2H3,(H,26,27)/b25-14+. The highest BCUT2D eigenvalue weighted by molar-refractivity contribution is 9.10. The number of nitrogens with zero attached hydrogens (tertiary/aromatic N) is 1. The first-order valence-electron chi connectivity index (χ1n) is 9.14. The second kappa shape index (κ2) is 10.4. The number of nitrogens with one attached hydrogen (secondary N) is 1. The predicted molar refractivity (Wildman–Crippen MR) is 120 cm³/mol. The smallest absolute Gasteiger partial charge is 0.343 e. The van der Waals surface area contributed by atoms with Gasteiger partial charge in [0.25, 0.3) is 5.91 Å². The molecule has 0 heterocycles. The molecule has 0 saturated carbocycles. The molecule has 3 aromatic rings. The van der Waals surface area contributed by atoms with Gasteiger partial charge in [-0.25, -0.2) is 10.2 Å². The van der Waals surface area contributed by atoms with E-state index in [-0.39, 0.29) is 11.7 Å². The lowest BCUT2D eigenvalue weighted by Gasteiger charge is -2.10. The third-order valence-corrected chi connectivity index (χ3v) is 4.91. The van der Waals surface area contributed by atoms with E-state index in [1.807, 2.05) is 6.07 Å². The molecule has 0 aliphatic heterocycles. The van der Waals surface area contributed by atoms with Crippen LogP contribution in [0.15, 0.2) is 76.3 Å². The zero-order valence-electron chi connectivity index (χ0n) is 16.8. The van der Waals surface area contributed by atoms with Gasteiger partial charge in [-0.15, -0.1) is 0 Å². The van der Waals surface area contributed by atoms with Crippen molar-refractivity contribution in [3.8, 4) is 17.2 Å². The van der Waals surface area contributed by atoms with Gasteiger partial charge in [0.1, 0.15) is 5.75 Å². The van der Waals surface area contributed by atoms with Crippen molar-refractivity contribution < 1.29 is 23.8 Å². The Labute approximate surface area is 187 Å². The van der Waals surface area contributed by atoms with Crippen molar-refractivity contribution in [2.75, 3.05) is 14.2 Å². The predicted octanol–water partition coefficient (Wildman–Crippen LogP) is 4.45. The van der Waals surface area contributed by atoms with Crippen LogP contribution in [0.2, 0.25) is 0 Å². The summed E-state index contributed by atoms with van der Waals surface area (Å²) in [4.78, 5) is 24.6. The molecule has 0 atom stereocenters. The van der Waals surface area contributed by atoms with Crippen LogP contribution in [0.4, 0.5) is 0 Å². The molecule has 1 amide bonds. The fraction of sp³-hybridized carbons (Fsp3) is 0.0870. The van der Waals surface area contributed by atoms with Gasteiger partial charge >= 0.3 is 5.97 Å². The minimum Gasteiger partial charge on any atom is -0.497 e. The van der Waals surface area contributed by atoms with Gasteiger partial charge in [-0.3, -0.25) is 4.79 Å². The Kier molecular flexibility index (Phi) is 7.40. The Morgan fingerprint density at radius 3 is 2.35 bits per heavy atom. The van der Waals surface area contributed by atoms with E-state index in [1.165, 1.54) is 13.3 Å². The van der Waals surface area contributed by atoms with Gasteiger partial charge in [0.15, 0.2) is 11.5 Å². The van der Waals surface area contributed by atoms with Gasteiger partial charge in [-0.2, -0.15) is 5.10 Å². The summed E-state index contributed by atoms with van der Waals surface area (Å²) >= 11 is 3.33. The van der Waals surface area contributed by atoms with Crippen LogP contribution < -0.4 is 19.6 Å². The van der Waals surface area contributed by atoms with Crippen molar-refractivity contribution >= 4 is 34.0 Å². The number of hydrogen-bond donors (Lipinski definition) is 1. The van der Waals surface area contributed by atoms with Gasteiger partial charge in [0, 0.05) is 4.47 Å². The lowest BCUT2D eigenvalue weighted by molar-refractivity contribution is 0.0729. The first kappa shape index (κ1) is 22.0. The molecule has 31 heavy (non-hydrogen) atoms. The summed E-state index contributed by atoms with van der Waals surface area (Å²) in [6, 6.07) is 18.5. The molecule has 0 aliphatic rings. The summed E-state index contributed by atoms with van der Waals surface area (Å²) in [5.41, 5.74) is 3.96. The van der Waals surface area contributed by atoms with E-state index < -0.39 is 5.97 Å².